The van der Waals surface area contributed by atoms with Crippen molar-refractivity contribution in [3.05, 3.63) is 58.3 Å². The average molecular weight is 295 g/mol. The summed E-state index contributed by atoms with van der Waals surface area (Å²) in [7, 11) is 0. The van der Waals surface area contributed by atoms with Gasteiger partial charge in [0.15, 0.2) is 17.3 Å². The van der Waals surface area contributed by atoms with E-state index >= 15 is 0 Å². The van der Waals surface area contributed by atoms with Gasteiger partial charge < -0.3 is 0 Å². The van der Waals surface area contributed by atoms with Crippen molar-refractivity contribution in [3.63, 3.8) is 0 Å². The number of hydrogen-bond donors (Lipinski definition) is 0. The Hall–Kier alpha value is -2.08. The van der Waals surface area contributed by atoms with Crippen LogP contribution in [0.3, 0.4) is 0 Å². The van der Waals surface area contributed by atoms with E-state index in [1.165, 1.54) is 6.07 Å². The maximum absolute atomic E-state index is 13.2. The number of nitrogens with zero attached hydrogens (tertiary/aromatic N) is 4. The van der Waals surface area contributed by atoms with Gasteiger partial charge >= 0.3 is 0 Å². The molecule has 20 heavy (non-hydrogen) atoms. The van der Waals surface area contributed by atoms with Crippen LogP contribution in [0.2, 0.25) is 5.15 Å². The summed E-state index contributed by atoms with van der Waals surface area (Å²) in [5.41, 5.74) is 1.17. The van der Waals surface area contributed by atoms with E-state index in [1.807, 2.05) is 0 Å². The van der Waals surface area contributed by atoms with Crippen LogP contribution >= 0.6 is 11.6 Å². The molecule has 0 saturated heterocycles. The Bertz CT molecular complexity index is 800. The largest absolute Gasteiger partial charge is 0.266 e. The molecule has 0 N–H and O–H groups in total. The highest BCUT2D eigenvalue weighted by Crippen LogP contribution is 2.16. The Morgan fingerprint density at radius 1 is 1.15 bits per heavy atom. The van der Waals surface area contributed by atoms with Gasteiger partial charge in [-0.15, -0.1) is 10.2 Å². The normalized spacial score (nSPS) is 11.2. The number of fused-ring (bicyclic) bond motifs is 1. The first-order chi connectivity index (χ1) is 9.54. The van der Waals surface area contributed by atoms with Crippen LogP contribution in [0.25, 0.3) is 5.65 Å². The summed E-state index contributed by atoms with van der Waals surface area (Å²) in [6.07, 6.45) is 0.322. The van der Waals surface area contributed by atoms with Crippen LogP contribution in [0.1, 0.15) is 17.2 Å². The highest BCUT2D eigenvalue weighted by Gasteiger charge is 2.11. The quantitative estimate of drug-likeness (QED) is 0.683. The zero-order valence-electron chi connectivity index (χ0n) is 10.4. The lowest BCUT2D eigenvalue weighted by molar-refractivity contribution is 0.507. The molecule has 0 unspecified atom stereocenters. The summed E-state index contributed by atoms with van der Waals surface area (Å²) in [5, 5.41) is 8.37. The van der Waals surface area contributed by atoms with E-state index in [0.717, 1.165) is 12.1 Å². The second-order valence-corrected chi connectivity index (χ2v) is 4.75. The Morgan fingerprint density at radius 3 is 2.70 bits per heavy atom. The van der Waals surface area contributed by atoms with Crippen LogP contribution in [-0.4, -0.2) is 19.6 Å². The molecule has 0 saturated carbocycles. The summed E-state index contributed by atoms with van der Waals surface area (Å²) >= 11 is 5.85. The molecule has 0 aliphatic carbocycles. The summed E-state index contributed by atoms with van der Waals surface area (Å²) in [6, 6.07) is 5.35. The minimum Gasteiger partial charge on any atom is -0.266 e. The fourth-order valence-corrected chi connectivity index (χ4v) is 2.29. The number of hydrogen-bond acceptors (Lipinski definition) is 3. The summed E-state index contributed by atoms with van der Waals surface area (Å²) in [5.74, 6) is -0.526. The smallest absolute Gasteiger partial charge is 0.165 e. The van der Waals surface area contributed by atoms with Gasteiger partial charge in [0, 0.05) is 12.5 Å². The van der Waals surface area contributed by atoms with Gasteiger partial charge in [0.2, 0.25) is 0 Å². The van der Waals surface area contributed by atoms with Crippen molar-refractivity contribution in [1.82, 2.24) is 19.6 Å². The van der Waals surface area contributed by atoms with Crippen LogP contribution in [0, 0.1) is 18.6 Å². The lowest BCUT2D eigenvalue weighted by atomic mass is 10.1. The van der Waals surface area contributed by atoms with Crippen LogP contribution in [0.5, 0.6) is 0 Å². The van der Waals surface area contributed by atoms with Crippen LogP contribution in [0.4, 0.5) is 8.78 Å². The molecule has 0 radical (unpaired) electrons. The van der Waals surface area contributed by atoms with Crippen molar-refractivity contribution in [1.29, 1.82) is 0 Å². The Labute approximate surface area is 118 Å². The molecule has 0 spiro atoms. The van der Waals surface area contributed by atoms with Crippen molar-refractivity contribution in [2.24, 2.45) is 0 Å². The Balaban J connectivity index is 2.04. The predicted octanol–water partition coefficient (Wildman–Crippen LogP) is 2.96. The first kappa shape index (κ1) is 12.9. The number of rotatable bonds is 2. The van der Waals surface area contributed by atoms with E-state index in [1.54, 1.807) is 17.4 Å². The molecule has 4 nitrogen and oxygen atoms in total. The summed E-state index contributed by atoms with van der Waals surface area (Å²) in [6.45, 7) is 1.77. The first-order valence-electron chi connectivity index (χ1n) is 5.85. The molecule has 7 heteroatoms. The zero-order chi connectivity index (χ0) is 14.3. The molecule has 0 aliphatic heterocycles. The highest BCUT2D eigenvalue weighted by molar-refractivity contribution is 6.29. The van der Waals surface area contributed by atoms with Crippen LogP contribution < -0.4 is 0 Å². The zero-order valence-corrected chi connectivity index (χ0v) is 11.2. The monoisotopic (exact) mass is 294 g/mol. The Morgan fingerprint density at radius 2 is 1.95 bits per heavy atom. The van der Waals surface area contributed by atoms with Crippen LogP contribution in [0.15, 0.2) is 24.3 Å². The lowest BCUT2D eigenvalue weighted by Gasteiger charge is -2.04. The number of aromatic nitrogens is 4. The van der Waals surface area contributed by atoms with E-state index < -0.39 is 11.6 Å². The molecule has 1 aromatic carbocycles. The molecule has 0 fully saturated rings. The van der Waals surface area contributed by atoms with Crippen molar-refractivity contribution in [2.75, 3.05) is 0 Å². The SMILES string of the molecule is Cc1nc(Cl)cc2nnc(Cc3ccc(F)c(F)c3)n12. The van der Waals surface area contributed by atoms with Gasteiger partial charge in [-0.05, 0) is 24.6 Å². The minimum absolute atomic E-state index is 0.322. The van der Waals surface area contributed by atoms with Crippen molar-refractivity contribution in [2.45, 2.75) is 13.3 Å². The molecule has 2 heterocycles. The third-order valence-corrected chi connectivity index (χ3v) is 3.14. The van der Waals surface area contributed by atoms with Crippen molar-refractivity contribution >= 4 is 17.2 Å². The average Bonchev–Trinajstić information content (AvgIpc) is 2.77. The van der Waals surface area contributed by atoms with Gasteiger partial charge in [-0.1, -0.05) is 17.7 Å². The molecule has 0 aliphatic rings. The van der Waals surface area contributed by atoms with Gasteiger partial charge in [0.05, 0.1) is 0 Å². The van der Waals surface area contributed by atoms with E-state index in [-0.39, 0.29) is 0 Å². The van der Waals surface area contributed by atoms with E-state index in [4.69, 9.17) is 11.6 Å². The number of aryl methyl sites for hydroxylation is 1. The maximum atomic E-state index is 13.2. The van der Waals surface area contributed by atoms with Gasteiger partial charge in [-0.25, -0.2) is 13.8 Å². The minimum atomic E-state index is -0.880. The van der Waals surface area contributed by atoms with E-state index in [0.29, 0.717) is 34.4 Å². The van der Waals surface area contributed by atoms with Gasteiger partial charge in [-0.2, -0.15) is 0 Å². The molecular weight excluding hydrogens is 286 g/mol. The maximum Gasteiger partial charge on any atom is 0.165 e. The fraction of sp³-hybridized carbons (Fsp3) is 0.154. The number of benzene rings is 1. The summed E-state index contributed by atoms with van der Waals surface area (Å²) < 4.78 is 27.8. The molecule has 102 valence electrons. The fourth-order valence-electron chi connectivity index (χ4n) is 2.07. The molecule has 3 rings (SSSR count). The van der Waals surface area contributed by atoms with Crippen molar-refractivity contribution < 1.29 is 8.78 Å². The molecule has 0 bridgehead atoms. The predicted molar refractivity (Wildman–Crippen MR) is 69.7 cm³/mol. The van der Waals surface area contributed by atoms with Crippen molar-refractivity contribution in [3.8, 4) is 0 Å². The molecule has 0 amide bonds. The Kier molecular flexibility index (Phi) is 3.10. The number of halogens is 3. The van der Waals surface area contributed by atoms with Gasteiger partial charge in [-0.3, -0.25) is 4.40 Å². The van der Waals surface area contributed by atoms with Crippen LogP contribution in [-0.2, 0) is 6.42 Å². The lowest BCUT2D eigenvalue weighted by Crippen LogP contribution is -2.02. The highest BCUT2D eigenvalue weighted by atomic mass is 35.5. The summed E-state index contributed by atoms with van der Waals surface area (Å²) in [4.78, 5) is 4.12. The first-order valence-corrected chi connectivity index (χ1v) is 6.23. The van der Waals surface area contributed by atoms with Gasteiger partial charge in [0.25, 0.3) is 0 Å². The molecule has 2 aromatic heterocycles. The standard InChI is InChI=1S/C13H9ClF2N4/c1-7-17-11(14)6-13-19-18-12(20(7)13)5-8-2-3-9(15)10(16)4-8/h2-4,6H,5H2,1H3. The third kappa shape index (κ3) is 2.22. The van der Waals surface area contributed by atoms with E-state index in [2.05, 4.69) is 15.2 Å². The van der Waals surface area contributed by atoms with Gasteiger partial charge in [0.1, 0.15) is 16.8 Å². The topological polar surface area (TPSA) is 43.1 Å². The molecule has 0 atom stereocenters. The second-order valence-electron chi connectivity index (χ2n) is 4.36. The second kappa shape index (κ2) is 4.79. The molecule has 3 aromatic rings. The molecular formula is C13H9ClF2N4. The third-order valence-electron chi connectivity index (χ3n) is 2.94. The van der Waals surface area contributed by atoms with E-state index in [9.17, 15) is 8.78 Å².